The number of carbonyl (C=O) groups is 1. The largest absolute Gasteiger partial charge is 0.756 e. The summed E-state index contributed by atoms with van der Waals surface area (Å²) >= 11 is 0. The van der Waals surface area contributed by atoms with Gasteiger partial charge in [-0.15, -0.1) is 0 Å². The van der Waals surface area contributed by atoms with E-state index in [4.69, 9.17) is 9.05 Å². The Morgan fingerprint density at radius 2 is 0.908 bits per heavy atom. The molecule has 0 aliphatic rings. The lowest BCUT2D eigenvalue weighted by atomic mass is 10.0. The number of hydrogen-bond donors (Lipinski definition) is 2. The predicted octanol–water partition coefficient (Wildman–Crippen LogP) is 15.7. The molecular weight excluding hydrogens is 828 g/mol. The zero-order chi connectivity index (χ0) is 47.8. The van der Waals surface area contributed by atoms with Crippen LogP contribution < -0.4 is 10.2 Å². The number of phosphoric ester groups is 1. The third kappa shape index (κ3) is 50.2. The second kappa shape index (κ2) is 47.5. The van der Waals surface area contributed by atoms with Crippen LogP contribution in [0.25, 0.3) is 0 Å². The van der Waals surface area contributed by atoms with Crippen LogP contribution >= 0.6 is 7.82 Å². The molecule has 9 heteroatoms. The van der Waals surface area contributed by atoms with E-state index in [2.05, 4.69) is 55.6 Å². The molecule has 2 N–H and O–H groups in total. The van der Waals surface area contributed by atoms with Gasteiger partial charge in [0.05, 0.1) is 39.9 Å². The van der Waals surface area contributed by atoms with Gasteiger partial charge in [0.15, 0.2) is 0 Å². The molecule has 0 saturated carbocycles. The van der Waals surface area contributed by atoms with Gasteiger partial charge in [0, 0.05) is 6.42 Å². The highest BCUT2D eigenvalue weighted by Crippen LogP contribution is 2.38. The molecule has 8 nitrogen and oxygen atoms in total. The second-order valence-electron chi connectivity index (χ2n) is 19.9. The maximum Gasteiger partial charge on any atom is 0.268 e. The summed E-state index contributed by atoms with van der Waals surface area (Å²) in [7, 11) is 1.24. The SMILES string of the molecule is CCCCC/C=C\C/C=C\CCCCCCCCCC(=O)NC(COP(=O)([O-])OCC[N+](C)(C)C)C(O)/C=C/CC/C=C/CCCCCCCCCCCCCCCCCCCCCC. The fraction of sp³-hybridized carbons (Fsp3) is 0.839. The molecule has 0 aromatic heterocycles. The van der Waals surface area contributed by atoms with E-state index >= 15 is 0 Å². The number of phosphoric acid groups is 1. The van der Waals surface area contributed by atoms with Gasteiger partial charge in [-0.05, 0) is 64.2 Å². The molecular formula is C56H107N2O6P. The molecule has 0 bridgehead atoms. The Morgan fingerprint density at radius 3 is 1.37 bits per heavy atom. The number of quaternary nitrogens is 1. The highest BCUT2D eigenvalue weighted by molar-refractivity contribution is 7.45. The Labute approximate surface area is 403 Å². The number of unbranched alkanes of at least 4 members (excludes halogenated alkanes) is 31. The predicted molar refractivity (Wildman–Crippen MR) is 279 cm³/mol. The molecule has 0 fully saturated rings. The number of aliphatic hydroxyl groups excluding tert-OH is 1. The minimum absolute atomic E-state index is 0.00889. The molecule has 0 spiro atoms. The summed E-state index contributed by atoms with van der Waals surface area (Å²) in [4.78, 5) is 25.4. The number of likely N-dealkylation sites (N-methyl/N-ethyl adjacent to an activating group) is 1. The van der Waals surface area contributed by atoms with Crippen molar-refractivity contribution in [3.8, 4) is 0 Å². The zero-order valence-corrected chi connectivity index (χ0v) is 44.3. The second-order valence-corrected chi connectivity index (χ2v) is 21.3. The molecule has 0 heterocycles. The smallest absolute Gasteiger partial charge is 0.268 e. The van der Waals surface area contributed by atoms with Crippen molar-refractivity contribution in [1.82, 2.24) is 5.32 Å². The summed E-state index contributed by atoms with van der Waals surface area (Å²) in [6.45, 7) is 4.61. The van der Waals surface area contributed by atoms with Crippen molar-refractivity contribution >= 4 is 13.7 Å². The normalized spacial score (nSPS) is 14.4. The molecule has 0 aliphatic carbocycles. The first-order chi connectivity index (χ1) is 31.5. The van der Waals surface area contributed by atoms with E-state index in [1.807, 2.05) is 27.2 Å². The lowest BCUT2D eigenvalue weighted by Crippen LogP contribution is -2.45. The van der Waals surface area contributed by atoms with Crippen molar-refractivity contribution < 1.29 is 32.9 Å². The van der Waals surface area contributed by atoms with Crippen LogP contribution in [-0.2, 0) is 18.4 Å². The number of aliphatic hydroxyl groups is 1. The maximum atomic E-state index is 12.9. The minimum atomic E-state index is -4.61. The van der Waals surface area contributed by atoms with Crippen LogP contribution in [0.1, 0.15) is 251 Å². The van der Waals surface area contributed by atoms with Gasteiger partial charge in [0.1, 0.15) is 13.2 Å². The molecule has 0 aliphatic heterocycles. The van der Waals surface area contributed by atoms with Crippen molar-refractivity contribution in [2.75, 3.05) is 40.9 Å². The van der Waals surface area contributed by atoms with Crippen LogP contribution in [0.15, 0.2) is 48.6 Å². The van der Waals surface area contributed by atoms with Crippen molar-refractivity contribution in [3.05, 3.63) is 48.6 Å². The number of allylic oxidation sites excluding steroid dienone is 7. The van der Waals surface area contributed by atoms with Crippen LogP contribution in [0.3, 0.4) is 0 Å². The van der Waals surface area contributed by atoms with E-state index < -0.39 is 26.6 Å². The lowest BCUT2D eigenvalue weighted by molar-refractivity contribution is -0.870. The summed E-state index contributed by atoms with van der Waals surface area (Å²) in [5.41, 5.74) is 0. The van der Waals surface area contributed by atoms with E-state index in [0.717, 1.165) is 57.8 Å². The topological polar surface area (TPSA) is 108 Å². The molecule has 3 unspecified atom stereocenters. The van der Waals surface area contributed by atoms with Crippen LogP contribution in [0, 0.1) is 0 Å². The summed E-state index contributed by atoms with van der Waals surface area (Å²) in [5.74, 6) is -0.215. The fourth-order valence-corrected chi connectivity index (χ4v) is 8.63. The minimum Gasteiger partial charge on any atom is -0.756 e. The van der Waals surface area contributed by atoms with E-state index in [0.29, 0.717) is 17.4 Å². The molecule has 65 heavy (non-hydrogen) atoms. The van der Waals surface area contributed by atoms with Crippen molar-refractivity contribution in [1.29, 1.82) is 0 Å². The van der Waals surface area contributed by atoms with Crippen LogP contribution in [0.5, 0.6) is 0 Å². The fourth-order valence-electron chi connectivity index (χ4n) is 7.91. The number of rotatable bonds is 50. The highest BCUT2D eigenvalue weighted by atomic mass is 31.2. The summed E-state index contributed by atoms with van der Waals surface area (Å²) < 4.78 is 23.3. The van der Waals surface area contributed by atoms with E-state index in [1.54, 1.807) is 6.08 Å². The summed E-state index contributed by atoms with van der Waals surface area (Å²) in [6, 6.07) is -0.909. The van der Waals surface area contributed by atoms with E-state index in [1.165, 1.54) is 173 Å². The molecule has 1 amide bonds. The monoisotopic (exact) mass is 935 g/mol. The van der Waals surface area contributed by atoms with E-state index in [9.17, 15) is 19.4 Å². The van der Waals surface area contributed by atoms with Gasteiger partial charge >= 0.3 is 0 Å². The van der Waals surface area contributed by atoms with Crippen LogP contribution in [0.4, 0.5) is 0 Å². The van der Waals surface area contributed by atoms with Gasteiger partial charge in [-0.3, -0.25) is 9.36 Å². The Hall–Kier alpha value is -1.54. The summed E-state index contributed by atoms with van der Waals surface area (Å²) in [5, 5.41) is 13.8. The highest BCUT2D eigenvalue weighted by Gasteiger charge is 2.23. The molecule has 0 aromatic carbocycles. The number of hydrogen-bond acceptors (Lipinski definition) is 6. The lowest BCUT2D eigenvalue weighted by Gasteiger charge is -2.29. The third-order valence-electron chi connectivity index (χ3n) is 12.3. The van der Waals surface area contributed by atoms with Crippen LogP contribution in [0.2, 0.25) is 0 Å². The van der Waals surface area contributed by atoms with Gasteiger partial charge in [-0.1, -0.05) is 229 Å². The average molecular weight is 935 g/mol. The molecule has 382 valence electrons. The first kappa shape index (κ1) is 63.5. The number of nitrogens with one attached hydrogen (secondary N) is 1. The van der Waals surface area contributed by atoms with Crippen molar-refractivity contribution in [2.45, 2.75) is 264 Å². The summed E-state index contributed by atoms with van der Waals surface area (Å²) in [6.07, 6.45) is 61.9. The quantitative estimate of drug-likeness (QED) is 0.0272. The van der Waals surface area contributed by atoms with Gasteiger partial charge in [-0.25, -0.2) is 0 Å². The van der Waals surface area contributed by atoms with Gasteiger partial charge in [-0.2, -0.15) is 0 Å². The molecule has 0 saturated heterocycles. The maximum absolute atomic E-state index is 12.9. The number of nitrogens with zero attached hydrogens (tertiary/aromatic N) is 1. The van der Waals surface area contributed by atoms with E-state index in [-0.39, 0.29) is 12.5 Å². The molecule has 0 rings (SSSR count). The Morgan fingerprint density at radius 1 is 0.538 bits per heavy atom. The van der Waals surface area contributed by atoms with Gasteiger partial charge < -0.3 is 28.8 Å². The zero-order valence-electron chi connectivity index (χ0n) is 43.4. The molecule has 0 radical (unpaired) electrons. The van der Waals surface area contributed by atoms with Crippen molar-refractivity contribution in [2.24, 2.45) is 0 Å². The number of amides is 1. The van der Waals surface area contributed by atoms with Gasteiger partial charge in [0.2, 0.25) is 5.91 Å². The first-order valence-corrected chi connectivity index (χ1v) is 29.0. The Balaban J connectivity index is 4.28. The van der Waals surface area contributed by atoms with Crippen LogP contribution in [-0.4, -0.2) is 68.5 Å². The Kier molecular flexibility index (Phi) is 46.4. The standard InChI is InChI=1S/C56H107N2O6P/c1-6-8-10-12-14-16-18-20-22-24-25-26-27-28-29-30-31-32-34-35-37-39-41-43-45-47-49-55(59)54(53-64-65(61,62)63-52-51-58(3,4)5)57-56(60)50-48-46-44-42-40-38-36-33-23-21-19-17-15-13-11-9-7-2/h15,17,21,23,39,41,47,49,54-55,59H,6-14,16,18-20,22,24-38,40,42-46,48,50-53H2,1-5H3,(H-,57,60,61,62)/b17-15-,23-21-,41-39+,49-47+. The van der Waals surface area contributed by atoms with Crippen molar-refractivity contribution in [3.63, 3.8) is 0 Å². The molecule has 3 atom stereocenters. The van der Waals surface area contributed by atoms with Gasteiger partial charge in [0.25, 0.3) is 7.82 Å². The molecule has 0 aromatic rings. The first-order valence-electron chi connectivity index (χ1n) is 27.5. The third-order valence-corrected chi connectivity index (χ3v) is 13.2. The average Bonchev–Trinajstić information content (AvgIpc) is 3.26. The Bertz CT molecular complexity index is 1200. The number of carbonyl (C=O) groups excluding carboxylic acids is 1.